The minimum atomic E-state index is -0.0559. The van der Waals surface area contributed by atoms with Crippen molar-refractivity contribution >= 4 is 33.3 Å². The number of rotatable bonds is 5. The molecule has 4 heterocycles. The van der Waals surface area contributed by atoms with Gasteiger partial charge in [-0.2, -0.15) is 0 Å². The number of nitrogens with zero attached hydrogens (tertiary/aromatic N) is 4. The predicted molar refractivity (Wildman–Crippen MR) is 129 cm³/mol. The van der Waals surface area contributed by atoms with Crippen LogP contribution in [0.25, 0.3) is 5.69 Å². The summed E-state index contributed by atoms with van der Waals surface area (Å²) in [6, 6.07) is 22.6. The molecular formula is C24H20BrN5S. The number of thiocarbonyl (C=S) groups is 1. The molecule has 1 fully saturated rings. The van der Waals surface area contributed by atoms with Gasteiger partial charge in [0.2, 0.25) is 0 Å². The second-order valence-corrected chi connectivity index (χ2v) is 8.69. The van der Waals surface area contributed by atoms with Crippen LogP contribution < -0.4 is 5.32 Å². The van der Waals surface area contributed by atoms with Crippen LogP contribution in [-0.4, -0.2) is 24.5 Å². The number of hydrogen-bond acceptors (Lipinski definition) is 3. The van der Waals surface area contributed by atoms with E-state index < -0.39 is 0 Å². The minimum Gasteiger partial charge on any atom is -0.352 e. The zero-order valence-corrected chi connectivity index (χ0v) is 19.0. The third-order valence-electron chi connectivity index (χ3n) is 5.49. The lowest BCUT2D eigenvalue weighted by Gasteiger charge is -2.29. The summed E-state index contributed by atoms with van der Waals surface area (Å²) in [5, 5.41) is 4.25. The molecule has 1 aliphatic rings. The molecule has 7 heteroatoms. The average Bonchev–Trinajstić information content (AvgIpc) is 3.40. The maximum atomic E-state index is 5.80. The van der Waals surface area contributed by atoms with Crippen molar-refractivity contribution in [2.45, 2.75) is 18.6 Å². The van der Waals surface area contributed by atoms with E-state index in [2.05, 4.69) is 89.3 Å². The van der Waals surface area contributed by atoms with E-state index in [0.29, 0.717) is 6.54 Å². The molecule has 1 aliphatic heterocycles. The van der Waals surface area contributed by atoms with E-state index in [1.54, 1.807) is 0 Å². The molecule has 154 valence electrons. The number of pyridine rings is 2. The van der Waals surface area contributed by atoms with Crippen LogP contribution in [0.1, 0.15) is 29.0 Å². The van der Waals surface area contributed by atoms with Gasteiger partial charge in [-0.05, 0) is 78.4 Å². The third kappa shape index (κ3) is 3.98. The van der Waals surface area contributed by atoms with Gasteiger partial charge >= 0.3 is 0 Å². The van der Waals surface area contributed by atoms with Gasteiger partial charge in [0.15, 0.2) is 5.11 Å². The molecule has 2 atom stereocenters. The fourth-order valence-electron chi connectivity index (χ4n) is 4.05. The molecule has 3 aromatic heterocycles. The first-order chi connectivity index (χ1) is 15.2. The van der Waals surface area contributed by atoms with Crippen molar-refractivity contribution in [2.24, 2.45) is 0 Å². The van der Waals surface area contributed by atoms with E-state index in [9.17, 15) is 0 Å². The zero-order chi connectivity index (χ0) is 21.2. The van der Waals surface area contributed by atoms with Gasteiger partial charge in [-0.3, -0.25) is 9.97 Å². The smallest absolute Gasteiger partial charge is 0.170 e. The van der Waals surface area contributed by atoms with Crippen LogP contribution in [0.15, 0.2) is 96.0 Å². The Labute approximate surface area is 194 Å². The number of aromatic nitrogens is 3. The summed E-state index contributed by atoms with van der Waals surface area (Å²) in [6.07, 6.45) is 7.56. The Hall–Kier alpha value is -3.03. The van der Waals surface area contributed by atoms with E-state index in [-0.39, 0.29) is 12.1 Å². The van der Waals surface area contributed by atoms with Crippen LogP contribution in [0.4, 0.5) is 0 Å². The summed E-state index contributed by atoms with van der Waals surface area (Å²) < 4.78 is 3.28. The predicted octanol–water partition coefficient (Wildman–Crippen LogP) is 5.20. The molecule has 0 bridgehead atoms. The van der Waals surface area contributed by atoms with Crippen molar-refractivity contribution in [3.8, 4) is 5.69 Å². The van der Waals surface area contributed by atoms with Gasteiger partial charge < -0.3 is 14.8 Å². The highest BCUT2D eigenvalue weighted by molar-refractivity contribution is 9.10. The molecule has 4 aromatic rings. The van der Waals surface area contributed by atoms with Gasteiger partial charge in [-0.25, -0.2) is 0 Å². The highest BCUT2D eigenvalue weighted by atomic mass is 79.9. The Balaban J connectivity index is 1.60. The third-order valence-corrected chi connectivity index (χ3v) is 6.37. The molecule has 5 nitrogen and oxygen atoms in total. The second-order valence-electron chi connectivity index (χ2n) is 7.39. The summed E-state index contributed by atoms with van der Waals surface area (Å²) in [5.41, 5.74) is 4.38. The van der Waals surface area contributed by atoms with Gasteiger partial charge in [-0.15, -0.1) is 0 Å². The maximum Gasteiger partial charge on any atom is 0.170 e. The van der Waals surface area contributed by atoms with Crippen LogP contribution in [0, 0.1) is 0 Å². The molecule has 0 aliphatic carbocycles. The van der Waals surface area contributed by atoms with E-state index in [1.165, 1.54) is 0 Å². The molecule has 1 saturated heterocycles. The quantitative estimate of drug-likeness (QED) is 0.390. The van der Waals surface area contributed by atoms with E-state index in [0.717, 1.165) is 32.2 Å². The first kappa shape index (κ1) is 19.9. The molecule has 2 unspecified atom stereocenters. The van der Waals surface area contributed by atoms with Crippen molar-refractivity contribution in [1.82, 2.24) is 24.8 Å². The van der Waals surface area contributed by atoms with Crippen molar-refractivity contribution < 1.29 is 0 Å². The van der Waals surface area contributed by atoms with Crippen LogP contribution in [-0.2, 0) is 6.54 Å². The Kier molecular flexibility index (Phi) is 5.53. The van der Waals surface area contributed by atoms with Crippen LogP contribution in [0.3, 0.4) is 0 Å². The van der Waals surface area contributed by atoms with Crippen LogP contribution in [0.2, 0.25) is 0 Å². The lowest BCUT2D eigenvalue weighted by molar-refractivity contribution is 0.302. The molecule has 0 amide bonds. The number of benzene rings is 1. The Bertz CT molecular complexity index is 1180. The molecule has 1 N–H and O–H groups in total. The summed E-state index contributed by atoms with van der Waals surface area (Å²) in [4.78, 5) is 11.0. The molecule has 31 heavy (non-hydrogen) atoms. The summed E-state index contributed by atoms with van der Waals surface area (Å²) in [5.74, 6) is 0. The fourth-order valence-corrected chi connectivity index (χ4v) is 4.62. The summed E-state index contributed by atoms with van der Waals surface area (Å²) in [7, 11) is 0. The molecule has 5 rings (SSSR count). The van der Waals surface area contributed by atoms with Gasteiger partial charge in [0.25, 0.3) is 0 Å². The minimum absolute atomic E-state index is 0.0192. The van der Waals surface area contributed by atoms with Gasteiger partial charge in [0.1, 0.15) is 0 Å². The van der Waals surface area contributed by atoms with Gasteiger partial charge in [-0.1, -0.05) is 22.0 Å². The van der Waals surface area contributed by atoms with Crippen LogP contribution in [0.5, 0.6) is 0 Å². The van der Waals surface area contributed by atoms with E-state index in [4.69, 9.17) is 12.2 Å². The zero-order valence-electron chi connectivity index (χ0n) is 16.6. The SMILES string of the molecule is S=C1NC(c2ccccn2)C(c2cccn2-c2ccc(Br)cc2)N1Cc1ccncc1. The summed E-state index contributed by atoms with van der Waals surface area (Å²) in [6.45, 7) is 0.688. The number of halogens is 1. The largest absolute Gasteiger partial charge is 0.352 e. The van der Waals surface area contributed by atoms with Crippen molar-refractivity contribution in [2.75, 3.05) is 0 Å². The average molecular weight is 490 g/mol. The summed E-state index contributed by atoms with van der Waals surface area (Å²) >= 11 is 9.33. The van der Waals surface area contributed by atoms with Crippen molar-refractivity contribution in [1.29, 1.82) is 0 Å². The second kappa shape index (κ2) is 8.61. The topological polar surface area (TPSA) is 46.0 Å². The molecule has 0 radical (unpaired) electrons. The number of hydrogen-bond donors (Lipinski definition) is 1. The Morgan fingerprint density at radius 2 is 1.74 bits per heavy atom. The molecular weight excluding hydrogens is 470 g/mol. The van der Waals surface area contributed by atoms with Crippen molar-refractivity contribution in [3.63, 3.8) is 0 Å². The van der Waals surface area contributed by atoms with Crippen molar-refractivity contribution in [3.05, 3.63) is 113 Å². The standard InChI is InChI=1S/C24H20BrN5S/c25-18-6-8-19(9-7-18)29-15-3-5-21(29)23-22(20-4-1-2-12-27-20)28-24(31)30(23)16-17-10-13-26-14-11-17/h1-15,22-23H,16H2,(H,28,31). The van der Waals surface area contributed by atoms with Crippen LogP contribution >= 0.6 is 28.1 Å². The lowest BCUT2D eigenvalue weighted by atomic mass is 10.0. The lowest BCUT2D eigenvalue weighted by Crippen LogP contribution is -2.30. The van der Waals surface area contributed by atoms with Gasteiger partial charge in [0.05, 0.1) is 17.8 Å². The van der Waals surface area contributed by atoms with E-state index in [1.807, 2.05) is 42.9 Å². The molecule has 0 saturated carbocycles. The fraction of sp³-hybridized carbons (Fsp3) is 0.125. The highest BCUT2D eigenvalue weighted by Gasteiger charge is 2.41. The maximum absolute atomic E-state index is 5.80. The normalized spacial score (nSPS) is 18.2. The Morgan fingerprint density at radius 3 is 2.48 bits per heavy atom. The van der Waals surface area contributed by atoms with E-state index >= 15 is 0 Å². The number of nitrogens with one attached hydrogen (secondary N) is 1. The molecule has 0 spiro atoms. The van der Waals surface area contributed by atoms with Gasteiger partial charge in [0, 0.05) is 47.2 Å². The first-order valence-corrected chi connectivity index (χ1v) is 11.2. The molecule has 1 aromatic carbocycles. The first-order valence-electron chi connectivity index (χ1n) is 10.0. The Morgan fingerprint density at radius 1 is 0.935 bits per heavy atom. The monoisotopic (exact) mass is 489 g/mol. The highest BCUT2D eigenvalue weighted by Crippen LogP contribution is 2.40.